The molecule has 3 nitrogen and oxygen atoms in total. The average Bonchev–Trinajstić information content (AvgIpc) is 2.52. The van der Waals surface area contributed by atoms with E-state index in [1.54, 1.807) is 0 Å². The van der Waals surface area contributed by atoms with Crippen LogP contribution in [0.1, 0.15) is 6.42 Å². The lowest BCUT2D eigenvalue weighted by Crippen LogP contribution is -2.34. The molecule has 1 unspecified atom stereocenters. The Morgan fingerprint density at radius 3 is 2.87 bits per heavy atom. The number of carbonyl (C=O) groups excluding carboxylic acids is 1. The summed E-state index contributed by atoms with van der Waals surface area (Å²) in [5, 5.41) is 0.402. The van der Waals surface area contributed by atoms with Gasteiger partial charge in [-0.25, -0.2) is 4.39 Å². The molecule has 1 saturated heterocycles. The monoisotopic (exact) mass is 228 g/mol. The van der Waals surface area contributed by atoms with Crippen LogP contribution in [-0.4, -0.2) is 18.5 Å². The van der Waals surface area contributed by atoms with Gasteiger partial charge in [-0.2, -0.15) is 0 Å². The van der Waals surface area contributed by atoms with E-state index in [0.29, 0.717) is 18.0 Å². The molecule has 1 heterocycles. The molecule has 1 aliphatic heterocycles. The highest BCUT2D eigenvalue weighted by Crippen LogP contribution is 2.26. The van der Waals surface area contributed by atoms with Gasteiger partial charge in [0.05, 0.1) is 11.7 Å². The zero-order chi connectivity index (χ0) is 11.0. The highest BCUT2D eigenvalue weighted by Gasteiger charge is 2.31. The predicted molar refractivity (Wildman–Crippen MR) is 56.4 cm³/mol. The molecule has 1 aromatic carbocycles. The largest absolute Gasteiger partial charge is 0.320 e. The Morgan fingerprint density at radius 1 is 1.53 bits per heavy atom. The normalized spacial score (nSPS) is 21.1. The summed E-state index contributed by atoms with van der Waals surface area (Å²) in [6, 6.07) is 3.60. The third-order valence-corrected chi connectivity index (χ3v) is 2.68. The molecule has 1 atom stereocenters. The van der Waals surface area contributed by atoms with Crippen molar-refractivity contribution in [3.05, 3.63) is 29.0 Å². The van der Waals surface area contributed by atoms with Crippen LogP contribution in [-0.2, 0) is 4.79 Å². The van der Waals surface area contributed by atoms with Crippen molar-refractivity contribution in [3.8, 4) is 0 Å². The number of halogens is 2. The highest BCUT2D eigenvalue weighted by molar-refractivity contribution is 6.31. The van der Waals surface area contributed by atoms with E-state index >= 15 is 0 Å². The van der Waals surface area contributed by atoms with Crippen LogP contribution >= 0.6 is 11.6 Å². The predicted octanol–water partition coefficient (Wildman–Crippen LogP) is 1.54. The lowest BCUT2D eigenvalue weighted by molar-refractivity contribution is -0.118. The van der Waals surface area contributed by atoms with Crippen molar-refractivity contribution >= 4 is 23.2 Å². The number of hydrogen-bond donors (Lipinski definition) is 1. The zero-order valence-electron chi connectivity index (χ0n) is 7.91. The van der Waals surface area contributed by atoms with E-state index < -0.39 is 11.9 Å². The van der Waals surface area contributed by atoms with Crippen LogP contribution in [0, 0.1) is 5.82 Å². The van der Waals surface area contributed by atoms with Gasteiger partial charge >= 0.3 is 0 Å². The minimum atomic E-state index is -0.525. The number of nitrogens with two attached hydrogens (primary N) is 1. The third kappa shape index (κ3) is 1.82. The van der Waals surface area contributed by atoms with Crippen molar-refractivity contribution in [2.45, 2.75) is 12.5 Å². The first kappa shape index (κ1) is 10.4. The molecule has 0 spiro atoms. The van der Waals surface area contributed by atoms with Gasteiger partial charge < -0.3 is 10.6 Å². The number of hydrogen-bond acceptors (Lipinski definition) is 2. The Morgan fingerprint density at radius 2 is 2.27 bits per heavy atom. The first-order chi connectivity index (χ1) is 7.09. The van der Waals surface area contributed by atoms with Gasteiger partial charge in [0.2, 0.25) is 5.91 Å². The van der Waals surface area contributed by atoms with E-state index in [4.69, 9.17) is 17.3 Å². The number of carbonyl (C=O) groups is 1. The molecule has 2 N–H and O–H groups in total. The molecule has 0 bridgehead atoms. The Kier molecular flexibility index (Phi) is 2.63. The Labute approximate surface area is 91.6 Å². The van der Waals surface area contributed by atoms with Crippen molar-refractivity contribution in [3.63, 3.8) is 0 Å². The summed E-state index contributed by atoms with van der Waals surface area (Å²) in [6.45, 7) is 0.442. The van der Waals surface area contributed by atoms with Crippen LogP contribution in [0.15, 0.2) is 18.2 Å². The molecule has 0 aromatic heterocycles. The van der Waals surface area contributed by atoms with Crippen LogP contribution in [0.4, 0.5) is 10.1 Å². The van der Waals surface area contributed by atoms with Crippen LogP contribution < -0.4 is 10.6 Å². The van der Waals surface area contributed by atoms with Crippen LogP contribution in [0.25, 0.3) is 0 Å². The summed E-state index contributed by atoms with van der Waals surface area (Å²) >= 11 is 5.74. The van der Waals surface area contributed by atoms with Crippen LogP contribution in [0.3, 0.4) is 0 Å². The number of rotatable bonds is 1. The Hall–Kier alpha value is -1.13. The molecule has 5 heteroatoms. The molecule has 0 aliphatic carbocycles. The van der Waals surface area contributed by atoms with Gasteiger partial charge in [0, 0.05) is 11.6 Å². The van der Waals surface area contributed by atoms with E-state index in [9.17, 15) is 9.18 Å². The van der Waals surface area contributed by atoms with Gasteiger partial charge in [0.1, 0.15) is 5.82 Å². The third-order valence-electron chi connectivity index (χ3n) is 2.45. The fraction of sp³-hybridized carbons (Fsp3) is 0.300. The second kappa shape index (κ2) is 3.79. The van der Waals surface area contributed by atoms with Gasteiger partial charge in [-0.3, -0.25) is 4.79 Å². The summed E-state index contributed by atoms with van der Waals surface area (Å²) in [7, 11) is 0. The van der Waals surface area contributed by atoms with E-state index in [2.05, 4.69) is 0 Å². The molecular weight excluding hydrogens is 219 g/mol. The van der Waals surface area contributed by atoms with Gasteiger partial charge in [-0.05, 0) is 24.6 Å². The SMILES string of the molecule is NC1CCN(c2cc(Cl)ccc2F)C1=O. The zero-order valence-corrected chi connectivity index (χ0v) is 8.67. The fourth-order valence-corrected chi connectivity index (χ4v) is 1.80. The number of anilines is 1. The van der Waals surface area contributed by atoms with Crippen molar-refractivity contribution in [2.75, 3.05) is 11.4 Å². The van der Waals surface area contributed by atoms with Crippen molar-refractivity contribution < 1.29 is 9.18 Å². The van der Waals surface area contributed by atoms with Gasteiger partial charge in [-0.15, -0.1) is 0 Å². The fourth-order valence-electron chi connectivity index (χ4n) is 1.63. The molecule has 15 heavy (non-hydrogen) atoms. The Bertz CT molecular complexity index is 410. The van der Waals surface area contributed by atoms with Crippen LogP contribution in [0.5, 0.6) is 0 Å². The number of amides is 1. The summed E-state index contributed by atoms with van der Waals surface area (Å²) in [5.74, 6) is -0.710. The van der Waals surface area contributed by atoms with E-state index in [-0.39, 0.29) is 11.6 Å². The quantitative estimate of drug-likeness (QED) is 0.793. The summed E-state index contributed by atoms with van der Waals surface area (Å²) in [5.41, 5.74) is 5.76. The van der Waals surface area contributed by atoms with Gasteiger partial charge in [-0.1, -0.05) is 11.6 Å². The minimum absolute atomic E-state index is 0.209. The number of benzene rings is 1. The average molecular weight is 229 g/mol. The first-order valence-electron chi connectivity index (χ1n) is 4.61. The molecule has 0 saturated carbocycles. The molecular formula is C10H10ClFN2O. The second-order valence-electron chi connectivity index (χ2n) is 3.48. The standard InChI is InChI=1S/C10H10ClFN2O/c11-6-1-2-7(12)9(5-6)14-4-3-8(13)10(14)15/h1-2,5,8H,3-4,13H2. The maximum Gasteiger partial charge on any atom is 0.244 e. The maximum absolute atomic E-state index is 13.4. The minimum Gasteiger partial charge on any atom is -0.320 e. The summed E-state index contributed by atoms with van der Waals surface area (Å²) in [6.07, 6.45) is 0.546. The molecule has 0 radical (unpaired) electrons. The molecule has 1 aliphatic rings. The van der Waals surface area contributed by atoms with E-state index in [1.165, 1.54) is 23.1 Å². The smallest absolute Gasteiger partial charge is 0.244 e. The van der Waals surface area contributed by atoms with Crippen molar-refractivity contribution in [1.29, 1.82) is 0 Å². The molecule has 1 fully saturated rings. The maximum atomic E-state index is 13.4. The molecule has 2 rings (SSSR count). The molecule has 1 amide bonds. The highest BCUT2D eigenvalue weighted by atomic mass is 35.5. The van der Waals surface area contributed by atoms with E-state index in [1.807, 2.05) is 0 Å². The Balaban J connectivity index is 2.37. The molecule has 1 aromatic rings. The second-order valence-corrected chi connectivity index (χ2v) is 3.92. The number of nitrogens with zero attached hydrogens (tertiary/aromatic N) is 1. The van der Waals surface area contributed by atoms with Crippen LogP contribution in [0.2, 0.25) is 5.02 Å². The lowest BCUT2D eigenvalue weighted by Gasteiger charge is -2.16. The van der Waals surface area contributed by atoms with E-state index in [0.717, 1.165) is 0 Å². The lowest BCUT2D eigenvalue weighted by atomic mass is 10.2. The summed E-state index contributed by atoms with van der Waals surface area (Å²) < 4.78 is 13.4. The summed E-state index contributed by atoms with van der Waals surface area (Å²) in [4.78, 5) is 12.9. The molecule has 80 valence electrons. The van der Waals surface area contributed by atoms with Gasteiger partial charge in [0.25, 0.3) is 0 Å². The van der Waals surface area contributed by atoms with Crippen molar-refractivity contribution in [1.82, 2.24) is 0 Å². The van der Waals surface area contributed by atoms with Crippen molar-refractivity contribution in [2.24, 2.45) is 5.73 Å². The van der Waals surface area contributed by atoms with Gasteiger partial charge in [0.15, 0.2) is 0 Å². The first-order valence-corrected chi connectivity index (χ1v) is 4.99. The topological polar surface area (TPSA) is 46.3 Å².